The first kappa shape index (κ1) is 17.8. The number of allylic oxidation sites excluding steroid dienone is 4. The Morgan fingerprint density at radius 1 is 1.07 bits per heavy atom. The summed E-state index contributed by atoms with van der Waals surface area (Å²) in [5.41, 5.74) is 5.30. The SMILES string of the molecule is CC1=C(C#N)C(c2ccccc2Br)C2=C(CC(c3ccccc3)CC2=O)N1. The summed E-state index contributed by atoms with van der Waals surface area (Å²) >= 11 is 3.61. The summed E-state index contributed by atoms with van der Waals surface area (Å²) in [6.07, 6.45) is 1.26. The maximum Gasteiger partial charge on any atom is 0.162 e. The van der Waals surface area contributed by atoms with Crippen LogP contribution in [0.15, 0.2) is 81.6 Å². The van der Waals surface area contributed by atoms with Crippen LogP contribution in [0, 0.1) is 11.3 Å². The molecule has 2 aliphatic rings. The van der Waals surface area contributed by atoms with Gasteiger partial charge in [0.05, 0.1) is 17.6 Å². The summed E-state index contributed by atoms with van der Waals surface area (Å²) in [5.74, 6) is -0.0223. The smallest absolute Gasteiger partial charge is 0.162 e. The molecule has 2 aromatic rings. The number of dihydropyridines is 1. The van der Waals surface area contributed by atoms with Crippen molar-refractivity contribution in [3.8, 4) is 6.07 Å². The van der Waals surface area contributed by atoms with Crippen LogP contribution in [0.4, 0.5) is 0 Å². The fourth-order valence-corrected chi connectivity index (χ4v) is 4.68. The predicted octanol–water partition coefficient (Wildman–Crippen LogP) is 5.33. The van der Waals surface area contributed by atoms with Gasteiger partial charge in [-0.3, -0.25) is 4.79 Å². The van der Waals surface area contributed by atoms with E-state index in [-0.39, 0.29) is 17.6 Å². The van der Waals surface area contributed by atoms with Crippen molar-refractivity contribution < 1.29 is 4.79 Å². The quantitative estimate of drug-likeness (QED) is 0.716. The lowest BCUT2D eigenvalue weighted by atomic mass is 9.72. The molecule has 27 heavy (non-hydrogen) atoms. The molecule has 0 bridgehead atoms. The normalized spacial score (nSPS) is 22.2. The van der Waals surface area contributed by atoms with Crippen molar-refractivity contribution in [1.82, 2.24) is 5.32 Å². The van der Waals surface area contributed by atoms with E-state index in [1.807, 2.05) is 49.4 Å². The number of nitrogens with one attached hydrogen (secondary N) is 1. The van der Waals surface area contributed by atoms with Gasteiger partial charge >= 0.3 is 0 Å². The molecule has 2 unspecified atom stereocenters. The number of hydrogen-bond donors (Lipinski definition) is 1. The molecular weight excluding hydrogens is 400 g/mol. The van der Waals surface area contributed by atoms with Gasteiger partial charge < -0.3 is 5.32 Å². The van der Waals surface area contributed by atoms with Crippen LogP contribution >= 0.6 is 15.9 Å². The number of ketones is 1. The Morgan fingerprint density at radius 2 is 1.78 bits per heavy atom. The van der Waals surface area contributed by atoms with Crippen LogP contribution in [0.2, 0.25) is 0 Å². The summed E-state index contributed by atoms with van der Waals surface area (Å²) in [7, 11) is 0. The Kier molecular flexibility index (Phi) is 4.72. The number of hydrogen-bond acceptors (Lipinski definition) is 3. The third-order valence-corrected chi connectivity index (χ3v) is 6.16. The van der Waals surface area contributed by atoms with E-state index in [9.17, 15) is 10.1 Å². The van der Waals surface area contributed by atoms with Crippen LogP contribution in [0.5, 0.6) is 0 Å². The molecule has 0 saturated heterocycles. The van der Waals surface area contributed by atoms with E-state index in [1.54, 1.807) is 0 Å². The minimum absolute atomic E-state index is 0.124. The molecule has 0 aromatic heterocycles. The molecule has 0 amide bonds. The first-order valence-corrected chi connectivity index (χ1v) is 9.83. The second kappa shape index (κ2) is 7.17. The van der Waals surface area contributed by atoms with Gasteiger partial charge in [0.2, 0.25) is 0 Å². The number of rotatable bonds is 2. The van der Waals surface area contributed by atoms with Gasteiger partial charge in [0.25, 0.3) is 0 Å². The molecule has 134 valence electrons. The first-order chi connectivity index (χ1) is 13.1. The fraction of sp³-hybridized carbons (Fsp3) is 0.217. The molecule has 0 spiro atoms. The van der Waals surface area contributed by atoms with E-state index in [2.05, 4.69) is 39.4 Å². The Bertz CT molecular complexity index is 1010. The highest BCUT2D eigenvalue weighted by molar-refractivity contribution is 9.10. The van der Waals surface area contributed by atoms with Gasteiger partial charge in [-0.15, -0.1) is 0 Å². The van der Waals surface area contributed by atoms with Gasteiger partial charge in [-0.2, -0.15) is 5.26 Å². The van der Waals surface area contributed by atoms with E-state index in [0.29, 0.717) is 12.0 Å². The Balaban J connectivity index is 1.82. The van der Waals surface area contributed by atoms with E-state index in [0.717, 1.165) is 33.4 Å². The summed E-state index contributed by atoms with van der Waals surface area (Å²) in [4.78, 5) is 13.2. The molecule has 1 N–H and O–H groups in total. The zero-order chi connectivity index (χ0) is 19.0. The summed E-state index contributed by atoms with van der Waals surface area (Å²) in [5, 5.41) is 13.2. The van der Waals surface area contributed by atoms with Gasteiger partial charge in [0, 0.05) is 27.9 Å². The van der Waals surface area contributed by atoms with Crippen molar-refractivity contribution in [2.75, 3.05) is 0 Å². The molecule has 4 rings (SSSR count). The van der Waals surface area contributed by atoms with Crippen molar-refractivity contribution in [2.24, 2.45) is 0 Å². The average molecular weight is 419 g/mol. The summed E-state index contributed by atoms with van der Waals surface area (Å²) in [6, 6.07) is 20.4. The number of halogens is 1. The fourth-order valence-electron chi connectivity index (χ4n) is 4.17. The van der Waals surface area contributed by atoms with Gasteiger partial charge in [0.15, 0.2) is 5.78 Å². The number of Topliss-reactive ketones (excluding diaryl/α,β-unsaturated/α-hetero) is 1. The molecule has 0 saturated carbocycles. The van der Waals surface area contributed by atoms with E-state index in [1.165, 1.54) is 5.56 Å². The molecule has 1 aliphatic heterocycles. The highest BCUT2D eigenvalue weighted by atomic mass is 79.9. The maximum atomic E-state index is 13.2. The Morgan fingerprint density at radius 3 is 2.48 bits per heavy atom. The minimum Gasteiger partial charge on any atom is -0.361 e. The van der Waals surface area contributed by atoms with Crippen molar-refractivity contribution in [3.05, 3.63) is 92.7 Å². The first-order valence-electron chi connectivity index (χ1n) is 9.03. The number of benzene rings is 2. The van der Waals surface area contributed by atoms with Gasteiger partial charge in [-0.1, -0.05) is 64.5 Å². The molecule has 1 aliphatic carbocycles. The largest absolute Gasteiger partial charge is 0.361 e. The standard InChI is InChI=1S/C23H19BrN2O/c1-14-18(13-25)22(17-9-5-6-10-19(17)24)23-20(26-14)11-16(12-21(23)27)15-7-3-2-4-8-15/h2-10,16,22,26H,11-12H2,1H3. The zero-order valence-corrected chi connectivity index (χ0v) is 16.6. The monoisotopic (exact) mass is 418 g/mol. The number of carbonyl (C=O) groups is 1. The third-order valence-electron chi connectivity index (χ3n) is 5.44. The van der Waals surface area contributed by atoms with E-state index >= 15 is 0 Å². The van der Waals surface area contributed by atoms with Gasteiger partial charge in [-0.05, 0) is 36.5 Å². The Labute approximate surface area is 167 Å². The van der Waals surface area contributed by atoms with E-state index in [4.69, 9.17) is 0 Å². The summed E-state index contributed by atoms with van der Waals surface area (Å²) in [6.45, 7) is 1.92. The molecule has 1 heterocycles. The second-order valence-electron chi connectivity index (χ2n) is 7.06. The molecular formula is C23H19BrN2O. The van der Waals surface area contributed by atoms with Crippen LogP contribution in [0.25, 0.3) is 0 Å². The zero-order valence-electron chi connectivity index (χ0n) is 15.0. The van der Waals surface area contributed by atoms with E-state index < -0.39 is 0 Å². The number of carbonyl (C=O) groups excluding carboxylic acids is 1. The van der Waals surface area contributed by atoms with Crippen LogP contribution in [-0.4, -0.2) is 5.78 Å². The van der Waals surface area contributed by atoms with Crippen molar-refractivity contribution in [2.45, 2.75) is 31.6 Å². The molecule has 2 aromatic carbocycles. The average Bonchev–Trinajstić information content (AvgIpc) is 2.68. The third kappa shape index (κ3) is 3.13. The number of nitriles is 1. The summed E-state index contributed by atoms with van der Waals surface area (Å²) < 4.78 is 0.919. The number of nitrogens with zero attached hydrogens (tertiary/aromatic N) is 1. The highest BCUT2D eigenvalue weighted by Gasteiger charge is 2.39. The van der Waals surface area contributed by atoms with Gasteiger partial charge in [-0.25, -0.2) is 0 Å². The maximum absolute atomic E-state index is 13.2. The molecule has 3 nitrogen and oxygen atoms in total. The highest BCUT2D eigenvalue weighted by Crippen LogP contribution is 2.46. The molecule has 2 atom stereocenters. The van der Waals surface area contributed by atoms with Crippen molar-refractivity contribution in [3.63, 3.8) is 0 Å². The lowest BCUT2D eigenvalue weighted by Gasteiger charge is -2.36. The topological polar surface area (TPSA) is 52.9 Å². The van der Waals surface area contributed by atoms with Crippen molar-refractivity contribution >= 4 is 21.7 Å². The molecule has 0 radical (unpaired) electrons. The van der Waals surface area contributed by atoms with Crippen LogP contribution in [0.1, 0.15) is 42.7 Å². The predicted molar refractivity (Wildman–Crippen MR) is 109 cm³/mol. The molecule has 4 heteroatoms. The second-order valence-corrected chi connectivity index (χ2v) is 7.92. The lowest BCUT2D eigenvalue weighted by molar-refractivity contribution is -0.116. The molecule has 0 fully saturated rings. The van der Waals surface area contributed by atoms with Crippen LogP contribution < -0.4 is 5.32 Å². The van der Waals surface area contributed by atoms with Crippen LogP contribution in [0.3, 0.4) is 0 Å². The van der Waals surface area contributed by atoms with Crippen molar-refractivity contribution in [1.29, 1.82) is 5.26 Å². The minimum atomic E-state index is -0.314. The van der Waals surface area contributed by atoms with Gasteiger partial charge in [0.1, 0.15) is 0 Å². The van der Waals surface area contributed by atoms with Crippen LogP contribution in [-0.2, 0) is 4.79 Å². The Hall–Kier alpha value is -2.64. The lowest BCUT2D eigenvalue weighted by Crippen LogP contribution is -2.33.